The van der Waals surface area contributed by atoms with E-state index < -0.39 is 17.2 Å². The average molecular weight is 536 g/mol. The fraction of sp³-hybridized carbons (Fsp3) is 0.214. The molecule has 1 aliphatic rings. The number of hydrogen-bond donors (Lipinski definition) is 1. The van der Waals surface area contributed by atoms with Crippen molar-refractivity contribution in [2.75, 3.05) is 11.4 Å². The van der Waals surface area contributed by atoms with E-state index in [4.69, 9.17) is 0 Å². The van der Waals surface area contributed by atoms with Gasteiger partial charge in [-0.25, -0.2) is 0 Å². The Morgan fingerprint density at radius 1 is 1.00 bits per heavy atom. The molecule has 0 aliphatic carbocycles. The molecule has 3 aromatic carbocycles. The molecule has 1 atom stereocenters. The van der Waals surface area contributed by atoms with Crippen LogP contribution in [-0.4, -0.2) is 23.8 Å². The van der Waals surface area contributed by atoms with Crippen LogP contribution in [-0.2, 0) is 34.8 Å². The van der Waals surface area contributed by atoms with E-state index in [2.05, 4.69) is 10.2 Å². The quantitative estimate of drug-likeness (QED) is 0.211. The monoisotopic (exact) mass is 536 g/mol. The van der Waals surface area contributed by atoms with Gasteiger partial charge in [-0.1, -0.05) is 48.5 Å². The number of halogens is 3. The predicted molar refractivity (Wildman–Crippen MR) is 134 cm³/mol. The molecule has 189 valence electrons. The molecule has 4 rings (SSSR count). The number of hydrogen-bond acceptors (Lipinski definition) is 3. The van der Waals surface area contributed by atoms with E-state index in [1.807, 2.05) is 55.1 Å². The second kappa shape index (κ2) is 11.1. The van der Waals surface area contributed by atoms with Gasteiger partial charge in [0.2, 0.25) is 5.90 Å². The number of nitrogens with zero attached hydrogens (tertiary/aromatic N) is 3. The number of anilines is 1. The number of alkyl halides is 3. The first-order valence-corrected chi connectivity index (χ1v) is 11.3. The molecule has 4 nitrogen and oxygen atoms in total. The molecule has 0 amide bonds. The average Bonchev–Trinajstić information content (AvgIpc) is 3.08. The third-order valence-electron chi connectivity index (χ3n) is 6.27. The molecule has 8 heteroatoms. The molecule has 1 N–H and O–H groups in total. The van der Waals surface area contributed by atoms with Crippen LogP contribution < -0.4 is 4.90 Å². The molecule has 1 unspecified atom stereocenters. The summed E-state index contributed by atoms with van der Waals surface area (Å²) in [5.74, 6) is -0.218. The number of likely N-dealkylation sites (N-methyl/N-ethyl adjacent to an activating group) is 1. The van der Waals surface area contributed by atoms with E-state index in [0.717, 1.165) is 23.0 Å². The zero-order chi connectivity index (χ0) is 25.1. The Bertz CT molecular complexity index is 1270. The van der Waals surface area contributed by atoms with E-state index >= 15 is 0 Å². The van der Waals surface area contributed by atoms with Gasteiger partial charge in [0.1, 0.15) is 0 Å². The first kappa shape index (κ1) is 27.2. The minimum absolute atomic E-state index is 0. The zero-order valence-electron chi connectivity index (χ0n) is 19.8. The molecule has 0 fully saturated rings. The molecule has 1 aliphatic heterocycles. The van der Waals surface area contributed by atoms with Gasteiger partial charge in [-0.05, 0) is 67.8 Å². The summed E-state index contributed by atoms with van der Waals surface area (Å²) in [5, 5.41) is 18.0. The van der Waals surface area contributed by atoms with Gasteiger partial charge in [-0.2, -0.15) is 18.3 Å². The van der Waals surface area contributed by atoms with Crippen LogP contribution in [0.3, 0.4) is 0 Å². The topological polar surface area (TPSA) is 48.2 Å². The molecule has 3 aromatic rings. The summed E-state index contributed by atoms with van der Waals surface area (Å²) in [6.07, 6.45) is -0.688. The molecule has 0 saturated heterocycles. The molecule has 0 saturated carbocycles. The minimum atomic E-state index is -4.43. The van der Waals surface area contributed by atoms with Gasteiger partial charge in [-0.15, -0.1) is 5.10 Å². The van der Waals surface area contributed by atoms with Crippen molar-refractivity contribution in [3.63, 3.8) is 0 Å². The molecular weight excluding hydrogens is 510 g/mol. The van der Waals surface area contributed by atoms with Crippen molar-refractivity contribution in [2.24, 2.45) is 10.2 Å². The van der Waals surface area contributed by atoms with Gasteiger partial charge < -0.3 is 10.0 Å². The molecular formula is C28H26CoF3N3O. The largest absolute Gasteiger partial charge is 0.492 e. The SMILES string of the molecule is CCN1\C(=C/C=N/N=C(\O)c2ccccc2)C(C)(Cc2ccccc2)c2cc(C(F)(F)F)ccc21.[Co]. The van der Waals surface area contributed by atoms with Crippen molar-refractivity contribution in [1.82, 2.24) is 0 Å². The van der Waals surface area contributed by atoms with Gasteiger partial charge in [0.05, 0.1) is 11.8 Å². The Balaban J connectivity index is 0.00000361. The smallest absolute Gasteiger partial charge is 0.416 e. The second-order valence-corrected chi connectivity index (χ2v) is 8.57. The van der Waals surface area contributed by atoms with Gasteiger partial charge in [0, 0.05) is 45.7 Å². The fourth-order valence-corrected chi connectivity index (χ4v) is 4.60. The van der Waals surface area contributed by atoms with Crippen LogP contribution in [0, 0.1) is 0 Å². The minimum Gasteiger partial charge on any atom is -0.492 e. The molecule has 1 radical (unpaired) electrons. The van der Waals surface area contributed by atoms with Crippen LogP contribution in [0.15, 0.2) is 101 Å². The number of aliphatic hydroxyl groups is 1. The van der Waals surface area contributed by atoms with Gasteiger partial charge in [0.25, 0.3) is 0 Å². The Morgan fingerprint density at radius 3 is 2.25 bits per heavy atom. The van der Waals surface area contributed by atoms with E-state index in [-0.39, 0.29) is 22.7 Å². The van der Waals surface area contributed by atoms with Gasteiger partial charge >= 0.3 is 6.18 Å². The van der Waals surface area contributed by atoms with E-state index in [1.54, 1.807) is 36.4 Å². The maximum absolute atomic E-state index is 13.6. The van der Waals surface area contributed by atoms with Crippen molar-refractivity contribution in [1.29, 1.82) is 0 Å². The first-order valence-electron chi connectivity index (χ1n) is 11.3. The number of fused-ring (bicyclic) bond motifs is 1. The Labute approximate surface area is 219 Å². The van der Waals surface area contributed by atoms with Crippen LogP contribution in [0.4, 0.5) is 18.9 Å². The summed E-state index contributed by atoms with van der Waals surface area (Å²) in [5.41, 5.74) is 2.33. The zero-order valence-corrected chi connectivity index (χ0v) is 20.9. The summed E-state index contributed by atoms with van der Waals surface area (Å²) >= 11 is 0. The summed E-state index contributed by atoms with van der Waals surface area (Å²) in [6.45, 7) is 4.49. The third-order valence-corrected chi connectivity index (χ3v) is 6.27. The molecule has 36 heavy (non-hydrogen) atoms. The van der Waals surface area contributed by atoms with Crippen molar-refractivity contribution >= 4 is 17.8 Å². The number of aliphatic hydroxyl groups excluding tert-OH is 1. The summed E-state index contributed by atoms with van der Waals surface area (Å²) in [7, 11) is 0. The Hall–Kier alpha value is -3.36. The Morgan fingerprint density at radius 2 is 1.64 bits per heavy atom. The molecule has 0 aromatic heterocycles. The number of benzene rings is 3. The van der Waals surface area contributed by atoms with Crippen LogP contribution in [0.25, 0.3) is 0 Å². The summed E-state index contributed by atoms with van der Waals surface area (Å²) < 4.78 is 40.8. The van der Waals surface area contributed by atoms with E-state index in [9.17, 15) is 18.3 Å². The molecule has 1 heterocycles. The standard InChI is InChI=1S/C28H26F3N3O.Co/c1-3-34-24-15-14-22(28(29,30)31)18-23(24)27(2,19-20-10-6-4-7-11-20)25(34)16-17-32-33-26(35)21-12-8-5-9-13-21;/h4-18H,3,19H2,1-2H3,(H,33,35);/b25-16-,32-17+;. The third kappa shape index (κ3) is 5.55. The fourth-order valence-electron chi connectivity index (χ4n) is 4.60. The van der Waals surface area contributed by atoms with E-state index in [0.29, 0.717) is 24.1 Å². The molecule has 0 spiro atoms. The van der Waals surface area contributed by atoms with E-state index in [1.165, 1.54) is 12.3 Å². The van der Waals surface area contributed by atoms with Crippen LogP contribution >= 0.6 is 0 Å². The van der Waals surface area contributed by atoms with Gasteiger partial charge in [-0.3, -0.25) is 0 Å². The summed E-state index contributed by atoms with van der Waals surface area (Å²) in [6, 6.07) is 22.5. The first-order chi connectivity index (χ1) is 16.7. The van der Waals surface area contributed by atoms with Crippen molar-refractivity contribution < 1.29 is 35.1 Å². The van der Waals surface area contributed by atoms with Crippen LogP contribution in [0.2, 0.25) is 0 Å². The Kier molecular flexibility index (Phi) is 8.42. The maximum atomic E-state index is 13.6. The summed E-state index contributed by atoms with van der Waals surface area (Å²) in [4.78, 5) is 2.01. The van der Waals surface area contributed by atoms with Gasteiger partial charge in [0.15, 0.2) is 0 Å². The normalized spacial score (nSPS) is 19.0. The van der Waals surface area contributed by atoms with Crippen molar-refractivity contribution in [2.45, 2.75) is 31.9 Å². The number of allylic oxidation sites excluding steroid dienone is 2. The number of rotatable bonds is 6. The van der Waals surface area contributed by atoms with Crippen molar-refractivity contribution in [3.8, 4) is 0 Å². The second-order valence-electron chi connectivity index (χ2n) is 8.57. The predicted octanol–water partition coefficient (Wildman–Crippen LogP) is 6.92. The van der Waals surface area contributed by atoms with Crippen LogP contribution in [0.5, 0.6) is 0 Å². The maximum Gasteiger partial charge on any atom is 0.416 e. The van der Waals surface area contributed by atoms with Crippen molar-refractivity contribution in [3.05, 3.63) is 113 Å². The molecule has 0 bridgehead atoms. The van der Waals surface area contributed by atoms with Crippen LogP contribution in [0.1, 0.15) is 36.1 Å².